The molecule has 0 aromatic heterocycles. The predicted octanol–water partition coefficient (Wildman–Crippen LogP) is 0.251. The summed E-state index contributed by atoms with van der Waals surface area (Å²) < 4.78 is 21.3. The predicted molar refractivity (Wildman–Crippen MR) is 146 cm³/mol. The second kappa shape index (κ2) is 23.5. The summed E-state index contributed by atoms with van der Waals surface area (Å²) >= 11 is 0. The van der Waals surface area contributed by atoms with Crippen LogP contribution in [0.5, 0.6) is 5.75 Å². The van der Waals surface area contributed by atoms with E-state index in [2.05, 4.69) is 10.6 Å². The van der Waals surface area contributed by atoms with Crippen molar-refractivity contribution in [3.8, 4) is 5.75 Å². The molecule has 0 saturated carbocycles. The molecule has 1 atom stereocenters. The van der Waals surface area contributed by atoms with Gasteiger partial charge in [0.15, 0.2) is 6.61 Å². The molecule has 0 spiro atoms. The SMILES string of the molecule is CC.CNC(=O)C(CCC=O)N(C=O)C(=O)c1cccc(OCC(=O)NCCOCCOCCOCCO)c1C. The lowest BCUT2D eigenvalue weighted by atomic mass is 10.0. The average molecular weight is 570 g/mol. The van der Waals surface area contributed by atoms with E-state index in [1.807, 2.05) is 13.8 Å². The quantitative estimate of drug-likeness (QED) is 0.138. The number of nitrogens with zero attached hydrogens (tertiary/aromatic N) is 1. The molecule has 0 heterocycles. The van der Waals surface area contributed by atoms with E-state index in [0.29, 0.717) is 38.3 Å². The van der Waals surface area contributed by atoms with Crippen molar-refractivity contribution in [3.05, 3.63) is 29.3 Å². The third-order valence-electron chi connectivity index (χ3n) is 5.21. The van der Waals surface area contributed by atoms with Crippen molar-refractivity contribution in [2.24, 2.45) is 0 Å². The summed E-state index contributed by atoms with van der Waals surface area (Å²) in [5, 5.41) is 13.6. The highest BCUT2D eigenvalue weighted by Gasteiger charge is 2.30. The fourth-order valence-electron chi connectivity index (χ4n) is 3.26. The van der Waals surface area contributed by atoms with Crippen molar-refractivity contribution in [2.75, 3.05) is 66.4 Å². The minimum absolute atomic E-state index is 0.00662. The van der Waals surface area contributed by atoms with E-state index in [0.717, 1.165) is 4.90 Å². The maximum absolute atomic E-state index is 13.1. The average Bonchev–Trinajstić information content (AvgIpc) is 2.97. The van der Waals surface area contributed by atoms with Crippen molar-refractivity contribution < 1.29 is 48.0 Å². The van der Waals surface area contributed by atoms with Crippen molar-refractivity contribution >= 4 is 30.4 Å². The molecule has 0 fully saturated rings. The Morgan fingerprint density at radius 1 is 1.00 bits per heavy atom. The maximum Gasteiger partial charge on any atom is 0.261 e. The molecule has 3 N–H and O–H groups in total. The summed E-state index contributed by atoms with van der Waals surface area (Å²) in [4.78, 5) is 60.7. The molecule has 1 unspecified atom stereocenters. The van der Waals surface area contributed by atoms with Gasteiger partial charge in [0.1, 0.15) is 18.1 Å². The summed E-state index contributed by atoms with van der Waals surface area (Å²) in [5.74, 6) is -1.44. The van der Waals surface area contributed by atoms with Gasteiger partial charge in [0.2, 0.25) is 12.3 Å². The van der Waals surface area contributed by atoms with E-state index < -0.39 is 23.8 Å². The lowest BCUT2D eigenvalue weighted by Gasteiger charge is -2.25. The second-order valence-corrected chi connectivity index (χ2v) is 7.82. The number of carbonyl (C=O) groups is 5. The van der Waals surface area contributed by atoms with Crippen molar-refractivity contribution in [1.29, 1.82) is 0 Å². The van der Waals surface area contributed by atoms with Gasteiger partial charge in [-0.3, -0.25) is 24.1 Å². The van der Waals surface area contributed by atoms with Crippen LogP contribution in [0, 0.1) is 6.92 Å². The number of hydrogen-bond acceptors (Lipinski definition) is 10. The van der Waals surface area contributed by atoms with Crippen molar-refractivity contribution in [2.45, 2.75) is 39.7 Å². The Morgan fingerprint density at radius 2 is 1.62 bits per heavy atom. The Balaban J connectivity index is 0.00000742. The van der Waals surface area contributed by atoms with Gasteiger partial charge in [-0.1, -0.05) is 19.9 Å². The highest BCUT2D eigenvalue weighted by atomic mass is 16.5. The van der Waals surface area contributed by atoms with Crippen LogP contribution in [0.15, 0.2) is 18.2 Å². The number of carbonyl (C=O) groups excluding carboxylic acids is 5. The number of rotatable bonds is 21. The van der Waals surface area contributed by atoms with Crippen molar-refractivity contribution in [1.82, 2.24) is 15.5 Å². The van der Waals surface area contributed by atoms with Gasteiger partial charge in [-0.15, -0.1) is 0 Å². The number of imide groups is 1. The van der Waals surface area contributed by atoms with E-state index in [-0.39, 0.29) is 63.5 Å². The van der Waals surface area contributed by atoms with Crippen LogP contribution < -0.4 is 15.4 Å². The lowest BCUT2D eigenvalue weighted by Crippen LogP contribution is -2.48. The molecule has 0 saturated heterocycles. The summed E-state index contributed by atoms with van der Waals surface area (Å²) in [7, 11) is 1.37. The van der Waals surface area contributed by atoms with Gasteiger partial charge >= 0.3 is 0 Å². The zero-order chi connectivity index (χ0) is 30.2. The minimum atomic E-state index is -1.15. The van der Waals surface area contributed by atoms with Gasteiger partial charge < -0.3 is 39.5 Å². The molecule has 226 valence electrons. The fourth-order valence-corrected chi connectivity index (χ4v) is 3.26. The van der Waals surface area contributed by atoms with Crippen LogP contribution >= 0.6 is 0 Å². The van der Waals surface area contributed by atoms with Crippen LogP contribution in [0.4, 0.5) is 0 Å². The summed E-state index contributed by atoms with van der Waals surface area (Å²) in [6.07, 6.45) is 0.845. The molecule has 0 aliphatic heterocycles. The molecule has 13 heteroatoms. The first-order valence-corrected chi connectivity index (χ1v) is 13.2. The molecular weight excluding hydrogens is 526 g/mol. The molecule has 40 heavy (non-hydrogen) atoms. The van der Waals surface area contributed by atoms with Crippen molar-refractivity contribution in [3.63, 3.8) is 0 Å². The lowest BCUT2D eigenvalue weighted by molar-refractivity contribution is -0.131. The number of aldehydes is 1. The molecule has 1 aromatic carbocycles. The number of benzene rings is 1. The van der Waals surface area contributed by atoms with Gasteiger partial charge in [0.25, 0.3) is 11.8 Å². The van der Waals surface area contributed by atoms with Crippen LogP contribution in [0.2, 0.25) is 0 Å². The van der Waals surface area contributed by atoms with Gasteiger partial charge in [-0.05, 0) is 25.5 Å². The number of likely N-dealkylation sites (N-methyl/N-ethyl adjacent to an activating group) is 1. The number of ether oxygens (including phenoxy) is 4. The zero-order valence-electron chi connectivity index (χ0n) is 23.8. The fraction of sp³-hybridized carbons (Fsp3) is 0.593. The van der Waals surface area contributed by atoms with E-state index in [4.69, 9.17) is 24.1 Å². The van der Waals surface area contributed by atoms with Gasteiger partial charge in [0, 0.05) is 31.1 Å². The van der Waals surface area contributed by atoms with Crippen LogP contribution in [0.3, 0.4) is 0 Å². The van der Waals surface area contributed by atoms with E-state index in [1.165, 1.54) is 19.2 Å². The minimum Gasteiger partial charge on any atom is -0.483 e. The highest BCUT2D eigenvalue weighted by Crippen LogP contribution is 2.23. The number of nitrogens with one attached hydrogen (secondary N) is 2. The Kier molecular flexibility index (Phi) is 21.5. The normalized spacial score (nSPS) is 10.9. The van der Waals surface area contributed by atoms with Gasteiger partial charge in [0.05, 0.1) is 46.2 Å². The number of hydrogen-bond donors (Lipinski definition) is 3. The zero-order valence-corrected chi connectivity index (χ0v) is 23.8. The molecule has 0 aliphatic carbocycles. The van der Waals surface area contributed by atoms with E-state index in [1.54, 1.807) is 13.0 Å². The Hall–Kier alpha value is -3.39. The largest absolute Gasteiger partial charge is 0.483 e. The van der Waals surface area contributed by atoms with Crippen LogP contribution in [-0.2, 0) is 33.4 Å². The Labute approximate surface area is 235 Å². The Bertz CT molecular complexity index is 897. The monoisotopic (exact) mass is 569 g/mol. The Morgan fingerprint density at radius 3 is 2.20 bits per heavy atom. The van der Waals surface area contributed by atoms with Crippen LogP contribution in [-0.4, -0.2) is 113 Å². The third-order valence-corrected chi connectivity index (χ3v) is 5.21. The summed E-state index contributed by atoms with van der Waals surface area (Å²) in [6.45, 7) is 7.56. The first kappa shape index (κ1) is 36.6. The van der Waals surface area contributed by atoms with E-state index >= 15 is 0 Å². The molecule has 13 nitrogen and oxygen atoms in total. The number of amides is 4. The number of aliphatic hydroxyl groups excluding tert-OH is 1. The molecular formula is C27H43N3O10. The van der Waals surface area contributed by atoms with E-state index in [9.17, 15) is 24.0 Å². The first-order chi connectivity index (χ1) is 19.4. The van der Waals surface area contributed by atoms with Crippen LogP contribution in [0.1, 0.15) is 42.6 Å². The second-order valence-electron chi connectivity index (χ2n) is 7.82. The first-order valence-electron chi connectivity index (χ1n) is 13.2. The summed E-state index contributed by atoms with van der Waals surface area (Å²) in [6, 6.07) is 3.44. The molecule has 4 amide bonds. The standard InChI is InChI=1S/C25H37N3O10.C2H6/c1-19-20(25(34)28(18-31)21(6-4-9-29)24(33)26-2)5-3-7-22(19)38-17-23(32)27-8-11-35-13-15-37-16-14-36-12-10-30;1-2/h3,5,7,9,18,21,30H,4,6,8,10-17H2,1-2H3,(H,26,33)(H,27,32);1-2H3. The number of aliphatic hydroxyl groups is 1. The third kappa shape index (κ3) is 14.1. The maximum atomic E-state index is 13.1. The molecule has 0 aliphatic rings. The summed E-state index contributed by atoms with van der Waals surface area (Å²) in [5.41, 5.74) is 0.499. The van der Waals surface area contributed by atoms with Gasteiger partial charge in [-0.25, -0.2) is 0 Å². The smallest absolute Gasteiger partial charge is 0.261 e. The van der Waals surface area contributed by atoms with Gasteiger partial charge in [-0.2, -0.15) is 0 Å². The highest BCUT2D eigenvalue weighted by molar-refractivity contribution is 6.04. The molecule has 1 aromatic rings. The molecule has 1 rings (SSSR count). The molecule has 0 bridgehead atoms. The topological polar surface area (TPSA) is 170 Å². The molecule has 0 radical (unpaired) electrons. The van der Waals surface area contributed by atoms with Crippen LogP contribution in [0.25, 0.3) is 0 Å².